The van der Waals surface area contributed by atoms with E-state index in [1.54, 1.807) is 0 Å². The first-order valence-corrected chi connectivity index (χ1v) is 7.58. The first-order chi connectivity index (χ1) is 9.63. The van der Waals surface area contributed by atoms with Crippen molar-refractivity contribution in [3.05, 3.63) is 11.8 Å². The Morgan fingerprint density at radius 3 is 2.90 bits per heavy atom. The summed E-state index contributed by atoms with van der Waals surface area (Å²) in [4.78, 5) is 8.92. The third-order valence-electron chi connectivity index (χ3n) is 3.39. The molecule has 0 saturated carbocycles. The minimum atomic E-state index is 0.302. The number of nitrogens with one attached hydrogen (secondary N) is 2. The molecule has 1 unspecified atom stereocenters. The van der Waals surface area contributed by atoms with Crippen LogP contribution >= 0.6 is 0 Å². The van der Waals surface area contributed by atoms with Crippen molar-refractivity contribution in [3.63, 3.8) is 0 Å². The predicted molar refractivity (Wildman–Crippen MR) is 82.2 cm³/mol. The number of nitrogens with zero attached hydrogens (tertiary/aromatic N) is 2. The molecule has 0 bridgehead atoms. The molecule has 0 amide bonds. The van der Waals surface area contributed by atoms with Gasteiger partial charge >= 0.3 is 0 Å². The Labute approximate surface area is 121 Å². The van der Waals surface area contributed by atoms with E-state index in [2.05, 4.69) is 34.4 Å². The zero-order chi connectivity index (χ0) is 14.4. The van der Waals surface area contributed by atoms with E-state index in [1.807, 2.05) is 13.0 Å². The lowest BCUT2D eigenvalue weighted by Gasteiger charge is -2.13. The van der Waals surface area contributed by atoms with Crippen molar-refractivity contribution in [3.8, 4) is 0 Å². The summed E-state index contributed by atoms with van der Waals surface area (Å²) in [5, 5.41) is 6.64. The summed E-state index contributed by atoms with van der Waals surface area (Å²) in [6.07, 6.45) is 3.72. The van der Waals surface area contributed by atoms with E-state index in [9.17, 15) is 0 Å². The lowest BCUT2D eigenvalue weighted by atomic mass is 10.1. The van der Waals surface area contributed by atoms with Gasteiger partial charge in [0.1, 0.15) is 5.82 Å². The molecule has 2 rings (SSSR count). The third-order valence-corrected chi connectivity index (χ3v) is 3.39. The van der Waals surface area contributed by atoms with Crippen molar-refractivity contribution in [1.29, 1.82) is 0 Å². The van der Waals surface area contributed by atoms with Crippen LogP contribution in [0.2, 0.25) is 0 Å². The molecule has 5 heteroatoms. The summed E-state index contributed by atoms with van der Waals surface area (Å²) in [6, 6.07) is 1.98. The van der Waals surface area contributed by atoms with Gasteiger partial charge in [-0.3, -0.25) is 0 Å². The van der Waals surface area contributed by atoms with Crippen LogP contribution in [0.1, 0.15) is 38.8 Å². The topological polar surface area (TPSA) is 59.1 Å². The first kappa shape index (κ1) is 15.0. The quantitative estimate of drug-likeness (QED) is 0.803. The predicted octanol–water partition coefficient (Wildman–Crippen LogP) is 2.83. The molecule has 0 aliphatic carbocycles. The summed E-state index contributed by atoms with van der Waals surface area (Å²) >= 11 is 0. The third kappa shape index (κ3) is 4.96. The van der Waals surface area contributed by atoms with Crippen LogP contribution in [0.25, 0.3) is 0 Å². The van der Waals surface area contributed by atoms with Crippen LogP contribution in [0, 0.1) is 12.8 Å². The molecule has 1 aliphatic rings. The molecule has 2 heterocycles. The normalized spacial score (nSPS) is 18.5. The first-order valence-electron chi connectivity index (χ1n) is 7.58. The molecule has 112 valence electrons. The van der Waals surface area contributed by atoms with E-state index in [1.165, 1.54) is 0 Å². The van der Waals surface area contributed by atoms with Crippen molar-refractivity contribution >= 4 is 11.8 Å². The van der Waals surface area contributed by atoms with E-state index in [0.717, 1.165) is 50.5 Å². The fraction of sp³-hybridized carbons (Fsp3) is 0.733. The summed E-state index contributed by atoms with van der Waals surface area (Å²) in [6.45, 7) is 9.05. The maximum Gasteiger partial charge on any atom is 0.224 e. The second-order valence-electron chi connectivity index (χ2n) is 5.84. The van der Waals surface area contributed by atoms with Crippen molar-refractivity contribution in [2.24, 2.45) is 5.92 Å². The molecule has 5 nitrogen and oxygen atoms in total. The summed E-state index contributed by atoms with van der Waals surface area (Å²) in [5.41, 5.74) is 0.974. The van der Waals surface area contributed by atoms with Crippen LogP contribution < -0.4 is 10.6 Å². The van der Waals surface area contributed by atoms with Gasteiger partial charge in [0, 0.05) is 31.5 Å². The van der Waals surface area contributed by atoms with Gasteiger partial charge in [0.15, 0.2) is 0 Å². The Balaban J connectivity index is 1.86. The highest BCUT2D eigenvalue weighted by Crippen LogP contribution is 2.14. The average molecular weight is 278 g/mol. The van der Waals surface area contributed by atoms with Gasteiger partial charge in [0.2, 0.25) is 5.95 Å². The van der Waals surface area contributed by atoms with Gasteiger partial charge in [-0.2, -0.15) is 4.98 Å². The van der Waals surface area contributed by atoms with E-state index < -0.39 is 0 Å². The highest BCUT2D eigenvalue weighted by Gasteiger charge is 2.15. The van der Waals surface area contributed by atoms with E-state index in [4.69, 9.17) is 4.74 Å². The smallest absolute Gasteiger partial charge is 0.224 e. The zero-order valence-corrected chi connectivity index (χ0v) is 12.8. The molecule has 1 aromatic heterocycles. The number of anilines is 2. The largest absolute Gasteiger partial charge is 0.376 e. The number of aryl methyl sites for hydroxylation is 1. The summed E-state index contributed by atoms with van der Waals surface area (Å²) in [5.74, 6) is 2.28. The van der Waals surface area contributed by atoms with Gasteiger partial charge in [-0.1, -0.05) is 13.8 Å². The maximum absolute atomic E-state index is 5.59. The lowest BCUT2D eigenvalue weighted by molar-refractivity contribution is 0.120. The number of ether oxygens (including phenoxy) is 1. The molecule has 1 atom stereocenters. The molecule has 1 fully saturated rings. The van der Waals surface area contributed by atoms with Crippen molar-refractivity contribution in [1.82, 2.24) is 9.97 Å². The molecule has 0 radical (unpaired) electrons. The Morgan fingerprint density at radius 1 is 1.35 bits per heavy atom. The standard InChI is InChI=1S/C15H26N4O/c1-11(2)6-7-16-14-9-12(3)18-15(19-14)17-10-13-5-4-8-20-13/h9,11,13H,4-8,10H2,1-3H3,(H2,16,17,18,19). The Bertz CT molecular complexity index is 416. The monoisotopic (exact) mass is 278 g/mol. The SMILES string of the molecule is Cc1cc(NCCC(C)C)nc(NCC2CCCO2)n1. The van der Waals surface area contributed by atoms with Crippen molar-refractivity contribution < 1.29 is 4.74 Å². The van der Waals surface area contributed by atoms with Gasteiger partial charge in [0.25, 0.3) is 0 Å². The molecule has 1 aliphatic heterocycles. The number of hydrogen-bond donors (Lipinski definition) is 2. The van der Waals surface area contributed by atoms with Crippen LogP contribution in [0.5, 0.6) is 0 Å². The second-order valence-corrected chi connectivity index (χ2v) is 5.84. The molecular formula is C15H26N4O. The molecule has 0 spiro atoms. The maximum atomic E-state index is 5.59. The average Bonchev–Trinajstić information content (AvgIpc) is 2.88. The molecule has 2 N–H and O–H groups in total. The van der Waals surface area contributed by atoms with E-state index in [-0.39, 0.29) is 0 Å². The molecule has 1 aromatic rings. The van der Waals surface area contributed by atoms with Crippen LogP contribution in [0.3, 0.4) is 0 Å². The van der Waals surface area contributed by atoms with Gasteiger partial charge in [-0.05, 0) is 32.1 Å². The fourth-order valence-corrected chi connectivity index (χ4v) is 2.24. The van der Waals surface area contributed by atoms with Crippen LogP contribution in [0.4, 0.5) is 11.8 Å². The van der Waals surface area contributed by atoms with Crippen LogP contribution in [-0.4, -0.2) is 35.8 Å². The van der Waals surface area contributed by atoms with Gasteiger partial charge in [0.05, 0.1) is 6.10 Å². The van der Waals surface area contributed by atoms with Gasteiger partial charge < -0.3 is 15.4 Å². The summed E-state index contributed by atoms with van der Waals surface area (Å²) < 4.78 is 5.59. The van der Waals surface area contributed by atoms with E-state index >= 15 is 0 Å². The number of rotatable bonds is 7. The minimum Gasteiger partial charge on any atom is -0.376 e. The zero-order valence-electron chi connectivity index (χ0n) is 12.8. The summed E-state index contributed by atoms with van der Waals surface area (Å²) in [7, 11) is 0. The van der Waals surface area contributed by atoms with Crippen molar-refractivity contribution in [2.75, 3.05) is 30.3 Å². The highest BCUT2D eigenvalue weighted by molar-refractivity contribution is 5.42. The highest BCUT2D eigenvalue weighted by atomic mass is 16.5. The minimum absolute atomic E-state index is 0.302. The Kier molecular flexibility index (Phi) is 5.59. The Morgan fingerprint density at radius 2 is 2.20 bits per heavy atom. The van der Waals surface area contributed by atoms with Crippen LogP contribution in [0.15, 0.2) is 6.07 Å². The van der Waals surface area contributed by atoms with Crippen molar-refractivity contribution in [2.45, 2.75) is 46.1 Å². The fourth-order valence-electron chi connectivity index (χ4n) is 2.24. The van der Waals surface area contributed by atoms with Crippen LogP contribution in [-0.2, 0) is 4.74 Å². The molecule has 0 aromatic carbocycles. The second kappa shape index (κ2) is 7.43. The van der Waals surface area contributed by atoms with E-state index in [0.29, 0.717) is 18.0 Å². The lowest BCUT2D eigenvalue weighted by Crippen LogP contribution is -2.20. The molecule has 1 saturated heterocycles. The molecular weight excluding hydrogens is 252 g/mol. The number of aromatic nitrogens is 2. The molecule has 20 heavy (non-hydrogen) atoms. The number of hydrogen-bond acceptors (Lipinski definition) is 5. The van der Waals surface area contributed by atoms with Gasteiger partial charge in [-0.25, -0.2) is 4.98 Å². The Hall–Kier alpha value is -1.36. The van der Waals surface area contributed by atoms with Gasteiger partial charge in [-0.15, -0.1) is 0 Å².